The Morgan fingerprint density at radius 2 is 1.87 bits per heavy atom. The molecule has 1 saturated heterocycles. The van der Waals surface area contributed by atoms with E-state index < -0.39 is 5.91 Å². The van der Waals surface area contributed by atoms with E-state index in [4.69, 9.17) is 10.2 Å². The summed E-state index contributed by atoms with van der Waals surface area (Å²) in [7, 11) is 0. The minimum Gasteiger partial charge on any atom is -0.422 e. The molecule has 0 spiro atoms. The molecule has 3 N–H and O–H groups in total. The van der Waals surface area contributed by atoms with Crippen molar-refractivity contribution in [3.63, 3.8) is 0 Å². The molecule has 1 aliphatic rings. The van der Waals surface area contributed by atoms with Gasteiger partial charge in [0.05, 0.1) is 5.56 Å². The van der Waals surface area contributed by atoms with Crippen LogP contribution in [0.5, 0.6) is 0 Å². The van der Waals surface area contributed by atoms with Crippen molar-refractivity contribution in [1.29, 1.82) is 0 Å². The number of amides is 1. The van der Waals surface area contributed by atoms with E-state index in [2.05, 4.69) is 10.2 Å². The van der Waals surface area contributed by atoms with Crippen LogP contribution in [0.15, 0.2) is 45.6 Å². The highest BCUT2D eigenvalue weighted by atomic mass is 16.4. The van der Waals surface area contributed by atoms with Crippen molar-refractivity contribution in [2.24, 2.45) is 5.73 Å². The fourth-order valence-electron chi connectivity index (χ4n) is 4.10. The van der Waals surface area contributed by atoms with Crippen LogP contribution in [0.2, 0.25) is 0 Å². The normalized spacial score (nSPS) is 14.1. The van der Waals surface area contributed by atoms with E-state index in [1.54, 1.807) is 0 Å². The van der Waals surface area contributed by atoms with Crippen LogP contribution in [-0.2, 0) is 6.54 Å². The summed E-state index contributed by atoms with van der Waals surface area (Å²) in [5.41, 5.74) is 10.9. The zero-order chi connectivity index (χ0) is 21.3. The fraction of sp³-hybridized carbons (Fsp3) is 0.333. The van der Waals surface area contributed by atoms with Gasteiger partial charge in [-0.2, -0.15) is 0 Å². The highest BCUT2D eigenvalue weighted by molar-refractivity contribution is 5.99. The molecule has 6 nitrogen and oxygen atoms in total. The number of rotatable bonds is 5. The number of hydrogen-bond acceptors (Lipinski definition) is 5. The summed E-state index contributed by atoms with van der Waals surface area (Å²) in [5.74, 6) is -0.472. The number of nitrogens with two attached hydrogens (primary N) is 1. The Hall–Kier alpha value is -3.28. The molecule has 0 saturated carbocycles. The number of benzene rings is 2. The molecule has 4 rings (SSSR count). The molecule has 1 fully saturated rings. The number of nitrogens with one attached hydrogen (secondary N) is 1. The number of primary amides is 1. The van der Waals surface area contributed by atoms with Crippen molar-refractivity contribution in [2.75, 3.05) is 23.3 Å². The summed E-state index contributed by atoms with van der Waals surface area (Å²) < 4.78 is 5.45. The molecule has 0 bridgehead atoms. The Kier molecular flexibility index (Phi) is 5.48. The summed E-state index contributed by atoms with van der Waals surface area (Å²) >= 11 is 0. The van der Waals surface area contributed by atoms with Crippen molar-refractivity contribution in [3.8, 4) is 0 Å². The third-order valence-corrected chi connectivity index (χ3v) is 5.98. The van der Waals surface area contributed by atoms with Crippen molar-refractivity contribution in [2.45, 2.75) is 39.7 Å². The van der Waals surface area contributed by atoms with Crippen LogP contribution in [0.4, 0.5) is 11.4 Å². The lowest BCUT2D eigenvalue weighted by molar-refractivity contribution is 0.100. The van der Waals surface area contributed by atoms with E-state index in [9.17, 15) is 9.59 Å². The second-order valence-electron chi connectivity index (χ2n) is 7.97. The first-order valence-electron chi connectivity index (χ1n) is 10.4. The van der Waals surface area contributed by atoms with Crippen molar-refractivity contribution >= 4 is 28.3 Å². The van der Waals surface area contributed by atoms with Crippen LogP contribution < -0.4 is 21.6 Å². The molecule has 2 aromatic carbocycles. The molecular formula is C24H27N3O3. The lowest BCUT2D eigenvalue weighted by Crippen LogP contribution is -2.29. The standard InChI is InChI=1S/C24H27N3O3/c1-15-6-8-19-17(12-22(28)30-23(19)16(15)2)14-26-21-9-7-18(13-20(21)24(25)29)27-10-4-3-5-11-27/h6-9,12-13,26H,3-5,10-11,14H2,1-2H3,(H2,25,29). The lowest BCUT2D eigenvalue weighted by Gasteiger charge is -2.29. The molecule has 30 heavy (non-hydrogen) atoms. The average Bonchev–Trinajstić information content (AvgIpc) is 2.75. The summed E-state index contributed by atoms with van der Waals surface area (Å²) in [4.78, 5) is 26.5. The van der Waals surface area contributed by atoms with Gasteiger partial charge in [-0.25, -0.2) is 4.79 Å². The number of piperidine rings is 1. The zero-order valence-corrected chi connectivity index (χ0v) is 17.5. The van der Waals surface area contributed by atoms with Gasteiger partial charge in [0.15, 0.2) is 0 Å². The molecule has 6 heteroatoms. The molecule has 0 unspecified atom stereocenters. The predicted octanol–water partition coefficient (Wildman–Crippen LogP) is 4.11. The van der Waals surface area contributed by atoms with Gasteiger partial charge in [0.1, 0.15) is 5.58 Å². The van der Waals surface area contributed by atoms with Crippen LogP contribution in [0, 0.1) is 13.8 Å². The second kappa shape index (κ2) is 8.22. The number of nitrogens with zero attached hydrogens (tertiary/aromatic N) is 1. The van der Waals surface area contributed by atoms with E-state index in [1.165, 1.54) is 12.5 Å². The maximum Gasteiger partial charge on any atom is 0.336 e. The Morgan fingerprint density at radius 3 is 2.60 bits per heavy atom. The number of carbonyl (C=O) groups is 1. The van der Waals surface area contributed by atoms with Crippen molar-refractivity contribution in [3.05, 3.63) is 69.1 Å². The molecule has 3 aromatic rings. The highest BCUT2D eigenvalue weighted by Gasteiger charge is 2.16. The molecule has 0 aliphatic carbocycles. The number of aryl methyl sites for hydroxylation is 2. The molecule has 1 aliphatic heterocycles. The number of fused-ring (bicyclic) bond motifs is 1. The number of anilines is 2. The largest absolute Gasteiger partial charge is 0.422 e. The van der Waals surface area contributed by atoms with Crippen molar-refractivity contribution in [1.82, 2.24) is 0 Å². The first-order valence-corrected chi connectivity index (χ1v) is 10.4. The first kappa shape index (κ1) is 20.0. The third-order valence-electron chi connectivity index (χ3n) is 5.98. The number of hydrogen-bond donors (Lipinski definition) is 2. The predicted molar refractivity (Wildman–Crippen MR) is 120 cm³/mol. The van der Waals surface area contributed by atoms with Crippen LogP contribution in [0.1, 0.15) is 46.3 Å². The average molecular weight is 405 g/mol. The quantitative estimate of drug-likeness (QED) is 0.624. The van der Waals surface area contributed by atoms with Gasteiger partial charge in [0.2, 0.25) is 0 Å². The minimum absolute atomic E-state index is 0.383. The summed E-state index contributed by atoms with van der Waals surface area (Å²) in [6, 6.07) is 11.3. The van der Waals surface area contributed by atoms with Crippen LogP contribution in [0.25, 0.3) is 11.0 Å². The van der Waals surface area contributed by atoms with Gasteiger partial charge in [-0.15, -0.1) is 0 Å². The molecule has 0 radical (unpaired) electrons. The second-order valence-corrected chi connectivity index (χ2v) is 7.97. The van der Waals surface area contributed by atoms with Crippen molar-refractivity contribution < 1.29 is 9.21 Å². The van der Waals surface area contributed by atoms with Gasteiger partial charge in [-0.3, -0.25) is 4.79 Å². The van der Waals surface area contributed by atoms with E-state index in [0.29, 0.717) is 23.4 Å². The van der Waals surface area contributed by atoms with Gasteiger partial charge < -0.3 is 20.4 Å². The lowest BCUT2D eigenvalue weighted by atomic mass is 10.0. The van der Waals surface area contributed by atoms with E-state index in [0.717, 1.165) is 53.7 Å². The number of carbonyl (C=O) groups excluding carboxylic acids is 1. The van der Waals surface area contributed by atoms with E-state index in [1.807, 2.05) is 44.2 Å². The van der Waals surface area contributed by atoms with Gasteiger partial charge in [-0.1, -0.05) is 12.1 Å². The van der Waals surface area contributed by atoms with Gasteiger partial charge in [-0.05, 0) is 68.0 Å². The third kappa shape index (κ3) is 3.90. The SMILES string of the molecule is Cc1ccc2c(CNc3ccc(N4CCCCC4)cc3C(N)=O)cc(=O)oc2c1C. The molecule has 0 atom stereocenters. The topological polar surface area (TPSA) is 88.6 Å². The fourth-order valence-corrected chi connectivity index (χ4v) is 4.10. The maximum absolute atomic E-state index is 12.1. The Labute approximate surface area is 175 Å². The van der Waals surface area contributed by atoms with Gasteiger partial charge >= 0.3 is 5.63 Å². The summed E-state index contributed by atoms with van der Waals surface area (Å²) in [6.45, 7) is 6.31. The molecular weight excluding hydrogens is 378 g/mol. The Balaban J connectivity index is 1.64. The highest BCUT2D eigenvalue weighted by Crippen LogP contribution is 2.27. The first-order chi connectivity index (χ1) is 14.4. The van der Waals surface area contributed by atoms with E-state index >= 15 is 0 Å². The zero-order valence-electron chi connectivity index (χ0n) is 17.5. The van der Waals surface area contributed by atoms with Crippen LogP contribution >= 0.6 is 0 Å². The molecule has 1 amide bonds. The smallest absolute Gasteiger partial charge is 0.336 e. The van der Waals surface area contributed by atoms with Crippen LogP contribution in [0.3, 0.4) is 0 Å². The molecule has 156 valence electrons. The van der Waals surface area contributed by atoms with Gasteiger partial charge in [0.25, 0.3) is 5.91 Å². The maximum atomic E-state index is 12.1. The monoisotopic (exact) mass is 405 g/mol. The molecule has 1 aromatic heterocycles. The molecule has 2 heterocycles. The van der Waals surface area contributed by atoms with Gasteiger partial charge in [0, 0.05) is 42.5 Å². The Bertz CT molecular complexity index is 1160. The minimum atomic E-state index is -0.472. The van der Waals surface area contributed by atoms with Crippen LogP contribution in [-0.4, -0.2) is 19.0 Å². The van der Waals surface area contributed by atoms with E-state index in [-0.39, 0.29) is 5.63 Å². The Morgan fingerprint density at radius 1 is 1.10 bits per heavy atom. The summed E-state index contributed by atoms with van der Waals surface area (Å²) in [5, 5.41) is 4.18. The summed E-state index contributed by atoms with van der Waals surface area (Å²) in [6.07, 6.45) is 3.57.